The highest BCUT2D eigenvalue weighted by Gasteiger charge is 2.29. The minimum absolute atomic E-state index is 0.246. The Balaban J connectivity index is 1.33. The number of likely N-dealkylation sites (tertiary alicyclic amines) is 1. The number of rotatable bonds is 7. The lowest BCUT2D eigenvalue weighted by Gasteiger charge is -2.33. The molecule has 0 aliphatic carbocycles. The Morgan fingerprint density at radius 3 is 2.37 bits per heavy atom. The molecule has 3 heterocycles. The molecule has 0 bridgehead atoms. The smallest absolute Gasteiger partial charge is 0.410 e. The van der Waals surface area contributed by atoms with Crippen molar-refractivity contribution in [1.29, 1.82) is 0 Å². The van der Waals surface area contributed by atoms with E-state index in [4.69, 9.17) is 4.74 Å². The number of hydrogen-bond acceptors (Lipinski definition) is 4. The average molecular weight is 588 g/mol. The zero-order chi connectivity index (χ0) is 30.9. The Morgan fingerprint density at radius 1 is 1.02 bits per heavy atom. The second-order valence-electron chi connectivity index (χ2n) is 13.1. The molecule has 0 unspecified atom stereocenters. The maximum absolute atomic E-state index is 13.7. The van der Waals surface area contributed by atoms with Crippen molar-refractivity contribution in [3.8, 4) is 11.3 Å². The molecule has 1 aliphatic heterocycles. The molecule has 4 aromatic rings. The predicted molar refractivity (Wildman–Crippen MR) is 168 cm³/mol. The van der Waals surface area contributed by atoms with Crippen molar-refractivity contribution in [3.63, 3.8) is 0 Å². The molecule has 43 heavy (non-hydrogen) atoms. The largest absolute Gasteiger partial charge is 0.444 e. The van der Waals surface area contributed by atoms with E-state index in [0.29, 0.717) is 36.0 Å². The fraction of sp³-hybridized carbons (Fsp3) is 0.441. The SMILES string of the molecule is CCC(C)(C)n1ncc(C(=O)Nc2ccc3ccn(CC4CCN(C(=O)OC(C)(C)C)CC4)c3c2)c1-c1ccc(F)cc1. The van der Waals surface area contributed by atoms with Crippen LogP contribution in [0.3, 0.4) is 0 Å². The number of halogens is 1. The van der Waals surface area contributed by atoms with E-state index in [1.54, 1.807) is 23.2 Å². The van der Waals surface area contributed by atoms with Gasteiger partial charge in [0.1, 0.15) is 11.4 Å². The van der Waals surface area contributed by atoms with E-state index in [2.05, 4.69) is 48.0 Å². The van der Waals surface area contributed by atoms with Crippen LogP contribution in [0.1, 0.15) is 71.2 Å². The maximum atomic E-state index is 13.7. The van der Waals surface area contributed by atoms with Crippen molar-refractivity contribution in [3.05, 3.63) is 72.3 Å². The van der Waals surface area contributed by atoms with Crippen LogP contribution in [0.4, 0.5) is 14.9 Å². The highest BCUT2D eigenvalue weighted by molar-refractivity contribution is 6.08. The Bertz CT molecular complexity index is 1610. The molecule has 2 aromatic carbocycles. The van der Waals surface area contributed by atoms with Crippen molar-refractivity contribution in [2.75, 3.05) is 18.4 Å². The number of anilines is 1. The van der Waals surface area contributed by atoms with Gasteiger partial charge >= 0.3 is 6.09 Å². The summed E-state index contributed by atoms with van der Waals surface area (Å²) in [7, 11) is 0. The standard InChI is InChI=1S/C34H42FN5O3/c1-7-34(5,6)40-30(25-8-11-26(35)12-9-25)28(21-36-40)31(41)37-27-13-10-24-16-19-39(29(24)20-27)22-23-14-17-38(18-15-23)32(42)43-33(2,3)4/h8-13,16,19-21,23H,7,14-15,17-18,22H2,1-6H3,(H,37,41). The first-order chi connectivity index (χ1) is 20.3. The van der Waals surface area contributed by atoms with Crippen LogP contribution in [0.15, 0.2) is 60.9 Å². The molecule has 1 saturated heterocycles. The number of fused-ring (bicyclic) bond motifs is 1. The van der Waals surface area contributed by atoms with Gasteiger partial charge in [0, 0.05) is 37.1 Å². The lowest BCUT2D eigenvalue weighted by molar-refractivity contribution is 0.0178. The van der Waals surface area contributed by atoms with Crippen LogP contribution in [0, 0.1) is 11.7 Å². The highest BCUT2D eigenvalue weighted by Crippen LogP contribution is 2.32. The predicted octanol–water partition coefficient (Wildman–Crippen LogP) is 7.69. The number of carbonyl (C=O) groups excluding carboxylic acids is 2. The molecule has 2 aromatic heterocycles. The summed E-state index contributed by atoms with van der Waals surface area (Å²) >= 11 is 0. The summed E-state index contributed by atoms with van der Waals surface area (Å²) in [6, 6.07) is 14.2. The summed E-state index contributed by atoms with van der Waals surface area (Å²) < 4.78 is 23.4. The summed E-state index contributed by atoms with van der Waals surface area (Å²) in [6.07, 6.45) is 6.04. The maximum Gasteiger partial charge on any atom is 0.410 e. The van der Waals surface area contributed by atoms with E-state index in [9.17, 15) is 14.0 Å². The van der Waals surface area contributed by atoms with Crippen LogP contribution in [-0.2, 0) is 16.8 Å². The van der Waals surface area contributed by atoms with Crippen molar-refractivity contribution in [2.24, 2.45) is 5.92 Å². The van der Waals surface area contributed by atoms with Crippen LogP contribution in [0.5, 0.6) is 0 Å². The van der Waals surface area contributed by atoms with Crippen LogP contribution >= 0.6 is 0 Å². The molecular formula is C34H42FN5O3. The first kappa shape index (κ1) is 30.3. The lowest BCUT2D eigenvalue weighted by Crippen LogP contribution is -2.42. The van der Waals surface area contributed by atoms with Crippen molar-refractivity contribution < 1.29 is 18.7 Å². The van der Waals surface area contributed by atoms with E-state index >= 15 is 0 Å². The molecule has 228 valence electrons. The monoisotopic (exact) mass is 587 g/mol. The van der Waals surface area contributed by atoms with E-state index in [0.717, 1.165) is 42.3 Å². The number of hydrogen-bond donors (Lipinski definition) is 1. The summed E-state index contributed by atoms with van der Waals surface area (Å²) in [5.74, 6) is -0.177. The fourth-order valence-corrected chi connectivity index (χ4v) is 5.53. The number of amides is 2. The molecule has 8 nitrogen and oxygen atoms in total. The molecule has 5 rings (SSSR count). The topological polar surface area (TPSA) is 81.4 Å². The van der Waals surface area contributed by atoms with Gasteiger partial charge in [0.15, 0.2) is 0 Å². The number of aromatic nitrogens is 3. The van der Waals surface area contributed by atoms with Gasteiger partial charge in [-0.15, -0.1) is 0 Å². The Kier molecular flexibility index (Phi) is 8.36. The molecule has 2 amide bonds. The van der Waals surface area contributed by atoms with Crippen LogP contribution in [-0.4, -0.2) is 49.9 Å². The Labute approximate surface area is 252 Å². The number of nitrogens with one attached hydrogen (secondary N) is 1. The summed E-state index contributed by atoms with van der Waals surface area (Å²) in [6.45, 7) is 14.1. The van der Waals surface area contributed by atoms with E-state index in [1.165, 1.54) is 12.1 Å². The minimum atomic E-state index is -0.500. The van der Waals surface area contributed by atoms with E-state index in [1.807, 2.05) is 43.7 Å². The molecular weight excluding hydrogens is 545 g/mol. The third kappa shape index (κ3) is 6.76. The molecule has 1 N–H and O–H groups in total. The minimum Gasteiger partial charge on any atom is -0.444 e. The van der Waals surface area contributed by atoms with E-state index < -0.39 is 5.60 Å². The highest BCUT2D eigenvalue weighted by atomic mass is 19.1. The zero-order valence-electron chi connectivity index (χ0n) is 26.0. The van der Waals surface area contributed by atoms with Crippen molar-refractivity contribution in [1.82, 2.24) is 19.2 Å². The number of nitrogens with zero attached hydrogens (tertiary/aromatic N) is 4. The molecule has 0 spiro atoms. The van der Waals surface area contributed by atoms with Gasteiger partial charge in [0.2, 0.25) is 0 Å². The first-order valence-electron chi connectivity index (χ1n) is 15.1. The van der Waals surface area contributed by atoms with Crippen molar-refractivity contribution >= 4 is 28.6 Å². The van der Waals surface area contributed by atoms with Crippen LogP contribution < -0.4 is 5.32 Å². The molecule has 9 heteroatoms. The number of carbonyl (C=O) groups is 2. The van der Waals surface area contributed by atoms with E-state index in [-0.39, 0.29) is 23.4 Å². The normalized spacial score (nSPS) is 14.7. The van der Waals surface area contributed by atoms with Gasteiger partial charge in [-0.25, -0.2) is 9.18 Å². The van der Waals surface area contributed by atoms with Gasteiger partial charge in [-0.2, -0.15) is 5.10 Å². The van der Waals surface area contributed by atoms with Crippen molar-refractivity contribution in [2.45, 2.75) is 78.5 Å². The van der Waals surface area contributed by atoms with Crippen LogP contribution in [0.2, 0.25) is 0 Å². The van der Waals surface area contributed by atoms with Gasteiger partial charge in [-0.05, 0) is 108 Å². The first-order valence-corrected chi connectivity index (χ1v) is 15.1. The number of ether oxygens (including phenoxy) is 1. The summed E-state index contributed by atoms with van der Waals surface area (Å²) in [5, 5.41) is 8.77. The van der Waals surface area contributed by atoms with Gasteiger partial charge in [-0.3, -0.25) is 9.48 Å². The molecule has 1 aliphatic rings. The molecule has 1 fully saturated rings. The van der Waals surface area contributed by atoms with Gasteiger partial charge in [0.05, 0.1) is 28.5 Å². The quantitative estimate of drug-likeness (QED) is 0.240. The van der Waals surface area contributed by atoms with Crippen LogP contribution in [0.25, 0.3) is 22.2 Å². The molecule has 0 saturated carbocycles. The number of piperidine rings is 1. The van der Waals surface area contributed by atoms with Gasteiger partial charge in [-0.1, -0.05) is 13.0 Å². The zero-order valence-corrected chi connectivity index (χ0v) is 26.0. The fourth-order valence-electron chi connectivity index (χ4n) is 5.53. The average Bonchev–Trinajstić information content (AvgIpc) is 3.58. The summed E-state index contributed by atoms with van der Waals surface area (Å²) in [4.78, 5) is 27.9. The third-order valence-corrected chi connectivity index (χ3v) is 8.32. The summed E-state index contributed by atoms with van der Waals surface area (Å²) in [5.41, 5.74) is 2.70. The molecule has 0 atom stereocenters. The van der Waals surface area contributed by atoms with Gasteiger partial charge < -0.3 is 19.5 Å². The van der Waals surface area contributed by atoms with Gasteiger partial charge in [0.25, 0.3) is 5.91 Å². The second-order valence-corrected chi connectivity index (χ2v) is 13.1. The lowest BCUT2D eigenvalue weighted by atomic mass is 9.97. The Morgan fingerprint density at radius 2 is 1.72 bits per heavy atom. The third-order valence-electron chi connectivity index (χ3n) is 8.32. The Hall–Kier alpha value is -4.14. The number of benzene rings is 2. The molecule has 0 radical (unpaired) electrons. The second kappa shape index (κ2) is 11.9.